The third kappa shape index (κ3) is 4.33. The largest absolute Gasteiger partial charge is 0.444 e. The first kappa shape index (κ1) is 21.4. The number of fused-ring (bicyclic) bond motifs is 1. The highest BCUT2D eigenvalue weighted by Gasteiger charge is 2.36. The van der Waals surface area contributed by atoms with Crippen molar-refractivity contribution in [2.75, 3.05) is 13.2 Å². The molecule has 2 aromatic rings. The molecule has 2 N–H and O–H groups in total. The molecule has 1 aliphatic rings. The van der Waals surface area contributed by atoms with Crippen LogP contribution in [0.25, 0.3) is 11.3 Å². The first-order valence-corrected chi connectivity index (χ1v) is 9.68. The number of amides is 2. The molecule has 0 spiro atoms. The van der Waals surface area contributed by atoms with E-state index in [0.717, 1.165) is 0 Å². The SMILES string of the molecule is CC(C)(C)OC(=O)N1Cc2c(C(N)=O)c(-c3ccc(Cl)c(Cl)c3)nn2C(CF)C1. The summed E-state index contributed by atoms with van der Waals surface area (Å²) in [6, 6.07) is 3.99. The lowest BCUT2D eigenvalue weighted by atomic mass is 10.0. The molecular formula is C19H21Cl2FN4O3. The Balaban J connectivity index is 2.08. The van der Waals surface area contributed by atoms with E-state index in [2.05, 4.69) is 5.10 Å². The second-order valence-corrected chi connectivity index (χ2v) is 8.59. The molecule has 1 atom stereocenters. The molecule has 7 nitrogen and oxygen atoms in total. The number of ether oxygens (including phenoxy) is 1. The summed E-state index contributed by atoms with van der Waals surface area (Å²) in [5.41, 5.74) is 6.13. The predicted octanol–water partition coefficient (Wildman–Crippen LogP) is 4.22. The Morgan fingerprint density at radius 2 is 2.00 bits per heavy atom. The van der Waals surface area contributed by atoms with Gasteiger partial charge in [-0.3, -0.25) is 9.48 Å². The van der Waals surface area contributed by atoms with Crippen molar-refractivity contribution in [3.63, 3.8) is 0 Å². The number of rotatable bonds is 3. The highest BCUT2D eigenvalue weighted by atomic mass is 35.5. The number of nitrogens with zero attached hydrogens (tertiary/aromatic N) is 3. The number of aromatic nitrogens is 2. The summed E-state index contributed by atoms with van der Waals surface area (Å²) in [6.45, 7) is 4.50. The number of hydrogen-bond donors (Lipinski definition) is 1. The molecule has 1 aliphatic heterocycles. The van der Waals surface area contributed by atoms with E-state index in [1.54, 1.807) is 39.0 Å². The quantitative estimate of drug-likeness (QED) is 0.769. The summed E-state index contributed by atoms with van der Waals surface area (Å²) >= 11 is 12.1. The molecule has 0 bridgehead atoms. The van der Waals surface area contributed by atoms with Crippen molar-refractivity contribution in [1.29, 1.82) is 0 Å². The molecule has 1 aromatic heterocycles. The lowest BCUT2D eigenvalue weighted by Gasteiger charge is -2.34. The van der Waals surface area contributed by atoms with E-state index in [-0.39, 0.29) is 29.4 Å². The molecule has 1 unspecified atom stereocenters. The van der Waals surface area contributed by atoms with Crippen LogP contribution in [0.2, 0.25) is 10.0 Å². The zero-order chi connectivity index (χ0) is 21.5. The maximum atomic E-state index is 13.8. The molecule has 0 fully saturated rings. The average Bonchev–Trinajstić information content (AvgIpc) is 3.01. The van der Waals surface area contributed by atoms with E-state index in [9.17, 15) is 14.0 Å². The van der Waals surface area contributed by atoms with Gasteiger partial charge in [-0.2, -0.15) is 5.10 Å². The van der Waals surface area contributed by atoms with Crippen LogP contribution in [0.15, 0.2) is 18.2 Å². The average molecular weight is 443 g/mol. The standard InChI is InChI=1S/C19H21Cl2FN4O3/c1-19(2,3)29-18(28)25-8-11(7-22)26-14(9-25)15(17(23)27)16(24-26)10-4-5-12(20)13(21)6-10/h4-6,11H,7-9H2,1-3H3,(H2,23,27). The molecule has 1 aromatic carbocycles. The van der Waals surface area contributed by atoms with Gasteiger partial charge in [0.1, 0.15) is 18.0 Å². The zero-order valence-corrected chi connectivity index (χ0v) is 17.7. The Bertz CT molecular complexity index is 971. The van der Waals surface area contributed by atoms with Crippen LogP contribution in [-0.4, -0.2) is 45.5 Å². The number of halogens is 3. The molecule has 0 aliphatic carbocycles. The fourth-order valence-electron chi connectivity index (χ4n) is 3.18. The van der Waals surface area contributed by atoms with Crippen molar-refractivity contribution in [2.24, 2.45) is 5.73 Å². The molecular weight excluding hydrogens is 422 g/mol. The minimum absolute atomic E-state index is 0.0119. The number of nitrogens with two attached hydrogens (primary N) is 1. The number of primary amides is 1. The van der Waals surface area contributed by atoms with Crippen LogP contribution in [0.5, 0.6) is 0 Å². The van der Waals surface area contributed by atoms with Crippen molar-refractivity contribution in [3.05, 3.63) is 39.5 Å². The summed E-state index contributed by atoms with van der Waals surface area (Å²) in [4.78, 5) is 26.1. The van der Waals surface area contributed by atoms with Gasteiger partial charge < -0.3 is 15.4 Å². The van der Waals surface area contributed by atoms with Crippen molar-refractivity contribution >= 4 is 35.2 Å². The van der Waals surface area contributed by atoms with E-state index in [4.69, 9.17) is 33.7 Å². The number of hydrogen-bond acceptors (Lipinski definition) is 4. The molecule has 29 heavy (non-hydrogen) atoms. The van der Waals surface area contributed by atoms with Crippen LogP contribution in [0.3, 0.4) is 0 Å². The van der Waals surface area contributed by atoms with Crippen LogP contribution in [-0.2, 0) is 11.3 Å². The van der Waals surface area contributed by atoms with Gasteiger partial charge in [-0.1, -0.05) is 29.3 Å². The fraction of sp³-hybridized carbons (Fsp3) is 0.421. The highest BCUT2D eigenvalue weighted by Crippen LogP contribution is 2.34. The normalized spacial score (nSPS) is 16.5. The number of benzene rings is 1. The first-order valence-electron chi connectivity index (χ1n) is 8.92. The molecule has 156 valence electrons. The third-order valence-corrected chi connectivity index (χ3v) is 5.14. The Labute approximate surface area is 177 Å². The topological polar surface area (TPSA) is 90.4 Å². The van der Waals surface area contributed by atoms with Gasteiger partial charge in [0.15, 0.2) is 0 Å². The fourth-order valence-corrected chi connectivity index (χ4v) is 3.48. The van der Waals surface area contributed by atoms with Gasteiger partial charge >= 0.3 is 6.09 Å². The third-order valence-electron chi connectivity index (χ3n) is 4.40. The lowest BCUT2D eigenvalue weighted by Crippen LogP contribution is -2.44. The van der Waals surface area contributed by atoms with E-state index in [0.29, 0.717) is 16.3 Å². The van der Waals surface area contributed by atoms with Crippen molar-refractivity contribution in [2.45, 2.75) is 39.0 Å². The van der Waals surface area contributed by atoms with Gasteiger partial charge in [0.2, 0.25) is 0 Å². The maximum absolute atomic E-state index is 13.8. The minimum atomic E-state index is -0.785. The van der Waals surface area contributed by atoms with Crippen molar-refractivity contribution in [3.8, 4) is 11.3 Å². The minimum Gasteiger partial charge on any atom is -0.444 e. The molecule has 2 heterocycles. The van der Waals surface area contributed by atoms with E-state index >= 15 is 0 Å². The number of carbonyl (C=O) groups excluding carboxylic acids is 2. The second kappa shape index (κ2) is 7.84. The molecule has 0 radical (unpaired) electrons. The number of carbonyl (C=O) groups is 2. The molecule has 10 heteroatoms. The molecule has 3 rings (SSSR count). The van der Waals surface area contributed by atoms with Crippen LogP contribution < -0.4 is 5.73 Å². The monoisotopic (exact) mass is 442 g/mol. The van der Waals surface area contributed by atoms with Gasteiger partial charge in [-0.15, -0.1) is 0 Å². The Kier molecular flexibility index (Phi) is 5.78. The summed E-state index contributed by atoms with van der Waals surface area (Å²) in [7, 11) is 0. The van der Waals surface area contributed by atoms with Crippen molar-refractivity contribution in [1.82, 2.24) is 14.7 Å². The zero-order valence-electron chi connectivity index (χ0n) is 16.2. The summed E-state index contributed by atoms with van der Waals surface area (Å²) in [5, 5.41) is 5.05. The van der Waals surface area contributed by atoms with Crippen molar-refractivity contribution < 1.29 is 18.7 Å². The smallest absolute Gasteiger partial charge is 0.410 e. The van der Waals surface area contributed by atoms with Gasteiger partial charge in [-0.05, 0) is 32.9 Å². The molecule has 0 saturated heterocycles. The van der Waals surface area contributed by atoms with E-state index in [1.807, 2.05) is 0 Å². The van der Waals surface area contributed by atoms with Gasteiger partial charge in [0, 0.05) is 12.1 Å². The molecule has 2 amide bonds. The van der Waals surface area contributed by atoms with Crippen LogP contribution >= 0.6 is 23.2 Å². The Morgan fingerprint density at radius 1 is 1.31 bits per heavy atom. The predicted molar refractivity (Wildman–Crippen MR) is 108 cm³/mol. The number of alkyl halides is 1. The lowest BCUT2D eigenvalue weighted by molar-refractivity contribution is 0.0147. The summed E-state index contributed by atoms with van der Waals surface area (Å²) < 4.78 is 20.6. The van der Waals surface area contributed by atoms with E-state index < -0.39 is 30.3 Å². The Morgan fingerprint density at radius 3 is 2.55 bits per heavy atom. The summed E-state index contributed by atoms with van der Waals surface area (Å²) in [5.74, 6) is -0.740. The molecule has 0 saturated carbocycles. The second-order valence-electron chi connectivity index (χ2n) is 7.78. The highest BCUT2D eigenvalue weighted by molar-refractivity contribution is 6.42. The van der Waals surface area contributed by atoms with Crippen LogP contribution in [0.1, 0.15) is 42.9 Å². The van der Waals surface area contributed by atoms with Crippen LogP contribution in [0, 0.1) is 0 Å². The van der Waals surface area contributed by atoms with Gasteiger partial charge in [0.25, 0.3) is 5.91 Å². The van der Waals surface area contributed by atoms with E-state index in [1.165, 1.54) is 9.58 Å². The van der Waals surface area contributed by atoms with Gasteiger partial charge in [-0.25, -0.2) is 9.18 Å². The summed E-state index contributed by atoms with van der Waals surface area (Å²) in [6.07, 6.45) is -0.602. The van der Waals surface area contributed by atoms with Crippen LogP contribution in [0.4, 0.5) is 9.18 Å². The maximum Gasteiger partial charge on any atom is 0.410 e. The Hall–Kier alpha value is -2.32. The van der Waals surface area contributed by atoms with Gasteiger partial charge in [0.05, 0.1) is 33.9 Å². The first-order chi connectivity index (χ1) is 13.5.